The molecule has 20 heavy (non-hydrogen) atoms. The number of nitrogens with two attached hydrogens (primary N) is 1. The minimum atomic E-state index is -0.575. The lowest BCUT2D eigenvalue weighted by Gasteiger charge is -2.10. The summed E-state index contributed by atoms with van der Waals surface area (Å²) in [7, 11) is 0. The van der Waals surface area contributed by atoms with E-state index in [1.807, 2.05) is 0 Å². The molecule has 0 aliphatic carbocycles. The Hall–Kier alpha value is -2.47. The van der Waals surface area contributed by atoms with Crippen molar-refractivity contribution >= 4 is 39.8 Å². The van der Waals surface area contributed by atoms with Crippen LogP contribution in [0.1, 0.15) is 0 Å². The molecular formula is C13H9ClFN3O2. The third-order valence-corrected chi connectivity index (χ3v) is 3.03. The molecule has 2 aromatic carbocycles. The van der Waals surface area contributed by atoms with Crippen LogP contribution in [0.2, 0.25) is 5.02 Å². The Morgan fingerprint density at radius 2 is 2.05 bits per heavy atom. The lowest BCUT2D eigenvalue weighted by Crippen LogP contribution is -1.98. The summed E-state index contributed by atoms with van der Waals surface area (Å²) < 4.78 is 18.6. The summed E-state index contributed by atoms with van der Waals surface area (Å²) >= 11 is 5.69. The van der Waals surface area contributed by atoms with Gasteiger partial charge >= 0.3 is 5.76 Å². The fourth-order valence-corrected chi connectivity index (χ4v) is 2.02. The fraction of sp³-hybridized carbons (Fsp3) is 0. The highest BCUT2D eigenvalue weighted by Crippen LogP contribution is 2.29. The summed E-state index contributed by atoms with van der Waals surface area (Å²) in [6.45, 7) is 0. The SMILES string of the molecule is Nc1cc2oc(=O)[nH]c2cc1Nc1ccc(Cl)cc1F. The first-order valence-electron chi connectivity index (χ1n) is 5.67. The Labute approximate surface area is 117 Å². The number of aromatic amines is 1. The van der Waals surface area contributed by atoms with Gasteiger partial charge < -0.3 is 15.5 Å². The number of oxazole rings is 1. The van der Waals surface area contributed by atoms with E-state index in [0.717, 1.165) is 0 Å². The molecule has 1 aromatic heterocycles. The van der Waals surface area contributed by atoms with Crippen LogP contribution in [0.3, 0.4) is 0 Å². The third kappa shape index (κ3) is 2.21. The van der Waals surface area contributed by atoms with Crippen molar-refractivity contribution in [3.8, 4) is 0 Å². The first-order valence-corrected chi connectivity index (χ1v) is 6.05. The number of H-pyrrole nitrogens is 1. The number of anilines is 3. The Kier molecular flexibility index (Phi) is 2.87. The van der Waals surface area contributed by atoms with Crippen molar-refractivity contribution < 1.29 is 8.81 Å². The van der Waals surface area contributed by atoms with E-state index in [2.05, 4.69) is 10.3 Å². The van der Waals surface area contributed by atoms with Gasteiger partial charge in [-0.3, -0.25) is 4.98 Å². The molecule has 0 amide bonds. The Balaban J connectivity index is 2.05. The maximum Gasteiger partial charge on any atom is 0.417 e. The zero-order valence-corrected chi connectivity index (χ0v) is 10.8. The second-order valence-electron chi connectivity index (χ2n) is 4.20. The average molecular weight is 294 g/mol. The number of benzene rings is 2. The van der Waals surface area contributed by atoms with Crippen LogP contribution in [0.5, 0.6) is 0 Å². The maximum atomic E-state index is 13.7. The van der Waals surface area contributed by atoms with E-state index in [9.17, 15) is 9.18 Å². The summed E-state index contributed by atoms with van der Waals surface area (Å²) in [5, 5.41) is 3.15. The highest BCUT2D eigenvalue weighted by atomic mass is 35.5. The molecule has 5 nitrogen and oxygen atoms in total. The van der Waals surface area contributed by atoms with Crippen molar-refractivity contribution in [3.05, 3.63) is 51.7 Å². The average Bonchev–Trinajstić information content (AvgIpc) is 2.72. The van der Waals surface area contributed by atoms with Gasteiger partial charge in [0.05, 0.1) is 22.6 Å². The highest BCUT2D eigenvalue weighted by molar-refractivity contribution is 6.30. The smallest absolute Gasteiger partial charge is 0.408 e. The largest absolute Gasteiger partial charge is 0.417 e. The Bertz CT molecular complexity index is 856. The molecule has 4 N–H and O–H groups in total. The van der Waals surface area contributed by atoms with Gasteiger partial charge in [0.15, 0.2) is 5.58 Å². The van der Waals surface area contributed by atoms with Crippen LogP contribution in [-0.4, -0.2) is 4.98 Å². The molecule has 0 atom stereocenters. The summed E-state index contributed by atoms with van der Waals surface area (Å²) in [6, 6.07) is 7.31. The van der Waals surface area contributed by atoms with Gasteiger partial charge in [-0.05, 0) is 24.3 Å². The van der Waals surface area contributed by atoms with Gasteiger partial charge in [0.1, 0.15) is 5.82 Å². The number of fused-ring (bicyclic) bond motifs is 1. The van der Waals surface area contributed by atoms with E-state index in [1.165, 1.54) is 18.2 Å². The molecule has 0 unspecified atom stereocenters. The minimum absolute atomic E-state index is 0.228. The second kappa shape index (κ2) is 4.57. The first-order chi connectivity index (χ1) is 9.52. The van der Waals surface area contributed by atoms with Gasteiger partial charge in [-0.2, -0.15) is 0 Å². The van der Waals surface area contributed by atoms with Crippen LogP contribution < -0.4 is 16.8 Å². The van der Waals surface area contributed by atoms with E-state index >= 15 is 0 Å². The summed E-state index contributed by atoms with van der Waals surface area (Å²) in [5.74, 6) is -1.08. The van der Waals surface area contributed by atoms with Crippen LogP contribution in [0.4, 0.5) is 21.5 Å². The van der Waals surface area contributed by atoms with E-state index < -0.39 is 11.6 Å². The number of nitrogens with one attached hydrogen (secondary N) is 2. The molecule has 0 aliphatic rings. The topological polar surface area (TPSA) is 84.0 Å². The number of rotatable bonds is 2. The Morgan fingerprint density at radius 1 is 1.25 bits per heavy atom. The van der Waals surface area contributed by atoms with Gasteiger partial charge in [-0.15, -0.1) is 0 Å². The van der Waals surface area contributed by atoms with Crippen molar-refractivity contribution in [2.24, 2.45) is 0 Å². The predicted octanol–water partition coefficient (Wildman–Crippen LogP) is 3.24. The standard InChI is InChI=1S/C13H9ClFN3O2/c14-6-1-2-9(7(15)3-6)17-10-5-11-12(4-8(10)16)20-13(19)18-11/h1-5,17H,16H2,(H,18,19). The summed E-state index contributed by atoms with van der Waals surface area (Å²) in [5.41, 5.74) is 7.66. The maximum absolute atomic E-state index is 13.7. The molecule has 3 rings (SSSR count). The van der Waals surface area contributed by atoms with Gasteiger partial charge in [0.2, 0.25) is 0 Å². The number of nitrogen functional groups attached to an aromatic ring is 1. The molecule has 1 heterocycles. The van der Waals surface area contributed by atoms with Crippen LogP contribution in [0.25, 0.3) is 11.1 Å². The number of hydrogen-bond acceptors (Lipinski definition) is 4. The van der Waals surface area contributed by atoms with E-state index in [-0.39, 0.29) is 5.69 Å². The van der Waals surface area contributed by atoms with Crippen molar-refractivity contribution in [3.63, 3.8) is 0 Å². The third-order valence-electron chi connectivity index (χ3n) is 2.79. The molecular weight excluding hydrogens is 285 g/mol. The van der Waals surface area contributed by atoms with Crippen LogP contribution >= 0.6 is 11.6 Å². The molecule has 0 spiro atoms. The molecule has 0 radical (unpaired) electrons. The molecule has 102 valence electrons. The Morgan fingerprint density at radius 3 is 2.80 bits per heavy atom. The zero-order chi connectivity index (χ0) is 14.3. The van der Waals surface area contributed by atoms with Crippen molar-refractivity contribution in [1.82, 2.24) is 4.98 Å². The van der Waals surface area contributed by atoms with E-state index in [1.54, 1.807) is 12.1 Å². The van der Waals surface area contributed by atoms with Crippen LogP contribution in [0.15, 0.2) is 39.5 Å². The van der Waals surface area contributed by atoms with Gasteiger partial charge in [0.25, 0.3) is 0 Å². The van der Waals surface area contributed by atoms with Crippen LogP contribution in [-0.2, 0) is 0 Å². The first kappa shape index (κ1) is 12.6. The lowest BCUT2D eigenvalue weighted by molar-refractivity contribution is 0.555. The minimum Gasteiger partial charge on any atom is -0.408 e. The molecule has 0 bridgehead atoms. The van der Waals surface area contributed by atoms with Gasteiger partial charge in [-0.1, -0.05) is 11.6 Å². The number of hydrogen-bond donors (Lipinski definition) is 3. The van der Waals surface area contributed by atoms with Crippen molar-refractivity contribution in [2.45, 2.75) is 0 Å². The van der Waals surface area contributed by atoms with Crippen molar-refractivity contribution in [2.75, 3.05) is 11.1 Å². The lowest BCUT2D eigenvalue weighted by atomic mass is 10.2. The van der Waals surface area contributed by atoms with E-state index in [4.69, 9.17) is 21.8 Å². The monoisotopic (exact) mass is 293 g/mol. The molecule has 3 aromatic rings. The summed E-state index contributed by atoms with van der Waals surface area (Å²) in [4.78, 5) is 13.6. The highest BCUT2D eigenvalue weighted by Gasteiger charge is 2.09. The fourth-order valence-electron chi connectivity index (χ4n) is 1.86. The van der Waals surface area contributed by atoms with Crippen LogP contribution in [0, 0.1) is 5.82 Å². The van der Waals surface area contributed by atoms with E-state index in [0.29, 0.717) is 27.5 Å². The molecule has 0 saturated carbocycles. The number of halogens is 2. The summed E-state index contributed by atoms with van der Waals surface area (Å²) in [6.07, 6.45) is 0. The number of aromatic nitrogens is 1. The van der Waals surface area contributed by atoms with Gasteiger partial charge in [-0.25, -0.2) is 9.18 Å². The second-order valence-corrected chi connectivity index (χ2v) is 4.64. The van der Waals surface area contributed by atoms with Gasteiger partial charge in [0, 0.05) is 11.1 Å². The normalized spacial score (nSPS) is 10.9. The molecule has 0 saturated heterocycles. The molecule has 7 heteroatoms. The molecule has 0 fully saturated rings. The quantitative estimate of drug-likeness (QED) is 0.633. The predicted molar refractivity (Wildman–Crippen MR) is 75.9 cm³/mol. The molecule has 0 aliphatic heterocycles. The van der Waals surface area contributed by atoms with Crippen molar-refractivity contribution in [1.29, 1.82) is 0 Å². The zero-order valence-electron chi connectivity index (χ0n) is 10.0.